The fourth-order valence-corrected chi connectivity index (χ4v) is 2.96. The first-order valence-electron chi connectivity index (χ1n) is 6.21. The molecule has 0 aromatic heterocycles. The molecule has 1 unspecified atom stereocenters. The summed E-state index contributed by atoms with van der Waals surface area (Å²) >= 11 is 0. The highest BCUT2D eigenvalue weighted by molar-refractivity contribution is 6.27. The maximum Gasteiger partial charge on any atom is 0.216 e. The predicted octanol–water partition coefficient (Wildman–Crippen LogP) is 0.835. The van der Waals surface area contributed by atoms with Crippen LogP contribution in [0.5, 0.6) is 0 Å². The van der Waals surface area contributed by atoms with Crippen LogP contribution in [0.15, 0.2) is 24.3 Å². The molecule has 1 N–H and O–H groups in total. The molecule has 1 fully saturated rings. The molecular weight excluding hydrogens is 230 g/mol. The molecule has 18 heavy (non-hydrogen) atoms. The Hall–Kier alpha value is -1.52. The van der Waals surface area contributed by atoms with Gasteiger partial charge in [0.25, 0.3) is 0 Å². The number of ketones is 1. The quantitative estimate of drug-likeness (QED) is 0.633. The predicted molar refractivity (Wildman–Crippen MR) is 64.8 cm³/mol. The molecule has 0 amide bonds. The van der Waals surface area contributed by atoms with Crippen LogP contribution >= 0.6 is 0 Å². The van der Waals surface area contributed by atoms with Gasteiger partial charge in [0, 0.05) is 12.6 Å². The Morgan fingerprint density at radius 1 is 1.33 bits per heavy atom. The van der Waals surface area contributed by atoms with E-state index in [0.29, 0.717) is 25.7 Å². The summed E-state index contributed by atoms with van der Waals surface area (Å²) in [4.78, 5) is 24.7. The van der Waals surface area contributed by atoms with Crippen molar-refractivity contribution in [3.63, 3.8) is 0 Å². The second kappa shape index (κ2) is 4.30. The van der Waals surface area contributed by atoms with Gasteiger partial charge in [0.1, 0.15) is 6.04 Å². The number of hydrogen-bond donors (Lipinski definition) is 1. The van der Waals surface area contributed by atoms with E-state index in [1.165, 1.54) is 0 Å². The summed E-state index contributed by atoms with van der Waals surface area (Å²) in [6.45, 7) is 0.692. The summed E-state index contributed by atoms with van der Waals surface area (Å²) < 4.78 is 0. The smallest absolute Gasteiger partial charge is 0.216 e. The largest absolute Gasteiger partial charge is 0.393 e. The lowest BCUT2D eigenvalue weighted by Gasteiger charge is -2.40. The van der Waals surface area contributed by atoms with E-state index in [0.717, 1.165) is 11.1 Å². The SMILES string of the molecule is O=CC(=O)C1c2ccccc2CN1C1CC(O)C1. The van der Waals surface area contributed by atoms with E-state index in [4.69, 9.17) is 0 Å². The number of aliphatic hydroxyl groups is 1. The van der Waals surface area contributed by atoms with Gasteiger partial charge in [-0.15, -0.1) is 0 Å². The van der Waals surface area contributed by atoms with Gasteiger partial charge in [-0.1, -0.05) is 24.3 Å². The molecule has 1 aliphatic carbocycles. The highest BCUT2D eigenvalue weighted by Gasteiger charge is 2.43. The minimum atomic E-state index is -0.448. The van der Waals surface area contributed by atoms with Crippen LogP contribution in [0.4, 0.5) is 0 Å². The van der Waals surface area contributed by atoms with Crippen molar-refractivity contribution < 1.29 is 14.7 Å². The lowest BCUT2D eigenvalue weighted by Crippen LogP contribution is -2.47. The monoisotopic (exact) mass is 245 g/mol. The average Bonchev–Trinajstić information content (AvgIpc) is 2.72. The summed E-state index contributed by atoms with van der Waals surface area (Å²) in [7, 11) is 0. The van der Waals surface area contributed by atoms with Crippen LogP contribution in [0.25, 0.3) is 0 Å². The molecule has 1 aromatic carbocycles. The summed E-state index contributed by atoms with van der Waals surface area (Å²) in [6, 6.07) is 7.51. The van der Waals surface area contributed by atoms with Gasteiger partial charge in [0.15, 0.2) is 6.29 Å². The minimum Gasteiger partial charge on any atom is -0.393 e. The first-order chi connectivity index (χ1) is 8.70. The molecule has 4 nitrogen and oxygen atoms in total. The lowest BCUT2D eigenvalue weighted by molar-refractivity contribution is -0.135. The molecule has 3 rings (SSSR count). The summed E-state index contributed by atoms with van der Waals surface area (Å²) in [5.41, 5.74) is 2.05. The van der Waals surface area contributed by atoms with E-state index < -0.39 is 6.04 Å². The summed E-state index contributed by atoms with van der Waals surface area (Å²) in [6.07, 6.45) is 1.54. The van der Waals surface area contributed by atoms with Crippen molar-refractivity contribution in [1.82, 2.24) is 4.90 Å². The van der Waals surface area contributed by atoms with Crippen LogP contribution in [-0.2, 0) is 16.1 Å². The molecule has 4 heteroatoms. The van der Waals surface area contributed by atoms with E-state index in [2.05, 4.69) is 0 Å². The highest BCUT2D eigenvalue weighted by atomic mass is 16.3. The zero-order chi connectivity index (χ0) is 12.7. The van der Waals surface area contributed by atoms with Crippen molar-refractivity contribution in [2.45, 2.75) is 37.6 Å². The third-order valence-corrected chi connectivity index (χ3v) is 3.98. The number of carbonyl (C=O) groups excluding carboxylic acids is 2. The Morgan fingerprint density at radius 3 is 2.72 bits per heavy atom. The number of carbonyl (C=O) groups is 2. The van der Waals surface area contributed by atoms with Gasteiger partial charge in [-0.3, -0.25) is 14.5 Å². The molecular formula is C14H15NO3. The highest BCUT2D eigenvalue weighted by Crippen LogP contribution is 2.40. The Bertz CT molecular complexity index is 494. The molecule has 94 valence electrons. The molecule has 1 aliphatic heterocycles. The fourth-order valence-electron chi connectivity index (χ4n) is 2.96. The van der Waals surface area contributed by atoms with Gasteiger partial charge < -0.3 is 5.11 Å². The number of aldehydes is 1. The number of fused-ring (bicyclic) bond motifs is 1. The van der Waals surface area contributed by atoms with Crippen LogP contribution in [-0.4, -0.2) is 34.2 Å². The molecule has 0 bridgehead atoms. The van der Waals surface area contributed by atoms with Crippen molar-refractivity contribution in [3.05, 3.63) is 35.4 Å². The summed E-state index contributed by atoms with van der Waals surface area (Å²) in [5, 5.41) is 9.40. The van der Waals surface area contributed by atoms with Crippen molar-refractivity contribution >= 4 is 12.1 Å². The fraction of sp³-hybridized carbons (Fsp3) is 0.429. The van der Waals surface area contributed by atoms with Gasteiger partial charge in [-0.05, 0) is 24.0 Å². The number of aliphatic hydroxyl groups excluding tert-OH is 1. The number of hydrogen-bond acceptors (Lipinski definition) is 4. The minimum absolute atomic E-state index is 0.210. The van der Waals surface area contributed by atoms with Crippen molar-refractivity contribution in [3.8, 4) is 0 Å². The Balaban J connectivity index is 1.92. The molecule has 0 saturated heterocycles. The second-order valence-electron chi connectivity index (χ2n) is 5.07. The molecule has 2 aliphatic rings. The number of rotatable bonds is 3. The Labute approximate surface area is 105 Å². The maximum absolute atomic E-state index is 11.8. The third-order valence-electron chi connectivity index (χ3n) is 3.98. The van der Waals surface area contributed by atoms with Crippen LogP contribution in [0.2, 0.25) is 0 Å². The van der Waals surface area contributed by atoms with E-state index in [-0.39, 0.29) is 17.9 Å². The van der Waals surface area contributed by atoms with Gasteiger partial charge in [0.2, 0.25) is 5.78 Å². The van der Waals surface area contributed by atoms with E-state index >= 15 is 0 Å². The van der Waals surface area contributed by atoms with Crippen LogP contribution < -0.4 is 0 Å². The molecule has 1 heterocycles. The Morgan fingerprint density at radius 2 is 2.06 bits per heavy atom. The third kappa shape index (κ3) is 1.69. The normalized spacial score (nSPS) is 30.6. The zero-order valence-corrected chi connectivity index (χ0v) is 9.95. The first-order valence-corrected chi connectivity index (χ1v) is 6.21. The summed E-state index contributed by atoms with van der Waals surface area (Å²) in [5.74, 6) is -0.388. The maximum atomic E-state index is 11.8. The molecule has 1 saturated carbocycles. The topological polar surface area (TPSA) is 57.6 Å². The Kier molecular flexibility index (Phi) is 2.76. The molecule has 0 radical (unpaired) electrons. The number of nitrogens with zero attached hydrogens (tertiary/aromatic N) is 1. The van der Waals surface area contributed by atoms with Crippen molar-refractivity contribution in [2.75, 3.05) is 0 Å². The zero-order valence-electron chi connectivity index (χ0n) is 9.95. The van der Waals surface area contributed by atoms with Crippen LogP contribution in [0, 0.1) is 0 Å². The van der Waals surface area contributed by atoms with Gasteiger partial charge >= 0.3 is 0 Å². The standard InChI is InChI=1S/C14H15NO3/c16-8-13(18)14-12-4-2-1-3-9(12)7-15(14)10-5-11(17)6-10/h1-4,8,10-11,14,17H,5-7H2. The lowest BCUT2D eigenvalue weighted by atomic mass is 9.87. The van der Waals surface area contributed by atoms with Crippen molar-refractivity contribution in [2.24, 2.45) is 0 Å². The van der Waals surface area contributed by atoms with Crippen molar-refractivity contribution in [1.29, 1.82) is 0 Å². The second-order valence-corrected chi connectivity index (χ2v) is 5.07. The number of benzene rings is 1. The van der Waals surface area contributed by atoms with Crippen LogP contribution in [0.1, 0.15) is 30.0 Å². The number of Topliss-reactive ketones (excluding diaryl/α,β-unsaturated/α-hetero) is 1. The van der Waals surface area contributed by atoms with Gasteiger partial charge in [-0.2, -0.15) is 0 Å². The molecule has 1 atom stereocenters. The van der Waals surface area contributed by atoms with E-state index in [1.807, 2.05) is 29.2 Å². The van der Waals surface area contributed by atoms with E-state index in [9.17, 15) is 14.7 Å². The van der Waals surface area contributed by atoms with Gasteiger partial charge in [0.05, 0.1) is 6.10 Å². The molecule has 1 aromatic rings. The van der Waals surface area contributed by atoms with Gasteiger partial charge in [-0.25, -0.2) is 0 Å². The molecule has 0 spiro atoms. The first kappa shape index (κ1) is 11.6. The van der Waals surface area contributed by atoms with E-state index in [1.54, 1.807) is 0 Å². The van der Waals surface area contributed by atoms with Crippen LogP contribution in [0.3, 0.4) is 0 Å². The average molecular weight is 245 g/mol.